The average Bonchev–Trinajstić information content (AvgIpc) is 2.62. The van der Waals surface area contributed by atoms with Crippen LogP contribution in [0.5, 0.6) is 0 Å². The van der Waals surface area contributed by atoms with Crippen molar-refractivity contribution < 1.29 is 22.4 Å². The first kappa shape index (κ1) is 18.5. The number of amides is 1. The number of halogens is 4. The van der Waals surface area contributed by atoms with Gasteiger partial charge in [-0.15, -0.1) is 0 Å². The molecule has 1 amide bonds. The molecule has 0 radical (unpaired) electrons. The van der Waals surface area contributed by atoms with Crippen LogP contribution >= 0.6 is 0 Å². The quantitative estimate of drug-likeness (QED) is 0.665. The van der Waals surface area contributed by atoms with E-state index in [9.17, 15) is 22.4 Å². The van der Waals surface area contributed by atoms with Crippen molar-refractivity contribution in [2.75, 3.05) is 5.32 Å². The summed E-state index contributed by atoms with van der Waals surface area (Å²) in [5, 5.41) is 2.51. The molecule has 0 saturated heterocycles. The van der Waals surface area contributed by atoms with Crippen LogP contribution in [0.15, 0.2) is 54.7 Å². The molecule has 1 heterocycles. The van der Waals surface area contributed by atoms with E-state index in [0.717, 1.165) is 12.1 Å². The lowest BCUT2D eigenvalue weighted by molar-refractivity contribution is -0.137. The van der Waals surface area contributed by atoms with Crippen LogP contribution in [-0.4, -0.2) is 15.9 Å². The highest BCUT2D eigenvalue weighted by Gasteiger charge is 2.30. The number of hydrogen-bond donors (Lipinski definition) is 1. The van der Waals surface area contributed by atoms with Crippen molar-refractivity contribution in [1.82, 2.24) is 9.97 Å². The van der Waals surface area contributed by atoms with Gasteiger partial charge in [0.2, 0.25) is 0 Å². The van der Waals surface area contributed by atoms with Crippen LogP contribution in [0.1, 0.15) is 21.6 Å². The molecular weight excluding hydrogens is 362 g/mol. The Morgan fingerprint density at radius 2 is 1.63 bits per heavy atom. The van der Waals surface area contributed by atoms with E-state index in [1.54, 1.807) is 6.92 Å². The van der Waals surface area contributed by atoms with Crippen LogP contribution in [0.25, 0.3) is 11.4 Å². The fourth-order valence-corrected chi connectivity index (χ4v) is 2.37. The molecule has 0 atom stereocenters. The number of anilines is 1. The molecule has 0 unspecified atom stereocenters. The number of hydrogen-bond acceptors (Lipinski definition) is 3. The molecule has 0 fully saturated rings. The third-order valence-electron chi connectivity index (χ3n) is 3.80. The number of carbonyl (C=O) groups is 1. The Bertz CT molecular complexity index is 968. The summed E-state index contributed by atoms with van der Waals surface area (Å²) >= 11 is 0. The van der Waals surface area contributed by atoms with Crippen LogP contribution in [0.4, 0.5) is 23.2 Å². The first-order valence-electron chi connectivity index (χ1n) is 7.82. The molecule has 2 aromatic carbocycles. The maximum atomic E-state index is 13.0. The lowest BCUT2D eigenvalue weighted by Crippen LogP contribution is -2.15. The van der Waals surface area contributed by atoms with E-state index >= 15 is 0 Å². The van der Waals surface area contributed by atoms with Crippen molar-refractivity contribution in [3.8, 4) is 11.4 Å². The Morgan fingerprint density at radius 3 is 2.19 bits per heavy atom. The van der Waals surface area contributed by atoms with E-state index in [-0.39, 0.29) is 17.1 Å². The average molecular weight is 375 g/mol. The second-order valence-corrected chi connectivity index (χ2v) is 5.73. The Hall–Kier alpha value is -3.29. The number of alkyl halides is 3. The monoisotopic (exact) mass is 375 g/mol. The summed E-state index contributed by atoms with van der Waals surface area (Å²) in [7, 11) is 0. The molecule has 8 heteroatoms. The van der Waals surface area contributed by atoms with E-state index in [1.165, 1.54) is 42.6 Å². The highest BCUT2D eigenvalue weighted by Crippen LogP contribution is 2.30. The predicted molar refractivity (Wildman–Crippen MR) is 91.6 cm³/mol. The second kappa shape index (κ2) is 7.14. The minimum atomic E-state index is -4.44. The van der Waals surface area contributed by atoms with Crippen molar-refractivity contribution in [2.45, 2.75) is 13.1 Å². The van der Waals surface area contributed by atoms with Crippen LogP contribution < -0.4 is 5.32 Å². The van der Waals surface area contributed by atoms with Crippen LogP contribution in [0.3, 0.4) is 0 Å². The Balaban J connectivity index is 1.78. The minimum Gasteiger partial charge on any atom is -0.322 e. The number of rotatable bonds is 3. The Labute approximate surface area is 151 Å². The largest absolute Gasteiger partial charge is 0.416 e. The zero-order valence-electron chi connectivity index (χ0n) is 14.0. The normalized spacial score (nSPS) is 11.3. The molecule has 1 aromatic heterocycles. The molecule has 0 bridgehead atoms. The molecule has 0 aliphatic carbocycles. The van der Waals surface area contributed by atoms with E-state index in [0.29, 0.717) is 17.1 Å². The molecule has 138 valence electrons. The summed E-state index contributed by atoms with van der Waals surface area (Å²) in [6.07, 6.45) is -3.12. The van der Waals surface area contributed by atoms with Crippen molar-refractivity contribution in [3.63, 3.8) is 0 Å². The third-order valence-corrected chi connectivity index (χ3v) is 3.80. The van der Waals surface area contributed by atoms with Gasteiger partial charge in [0, 0.05) is 17.4 Å². The first-order valence-corrected chi connectivity index (χ1v) is 7.82. The number of carbonyl (C=O) groups excluding carboxylic acids is 1. The van der Waals surface area contributed by atoms with Gasteiger partial charge in [0.15, 0.2) is 5.82 Å². The van der Waals surface area contributed by atoms with Gasteiger partial charge in [0.05, 0.1) is 16.8 Å². The zero-order chi connectivity index (χ0) is 19.6. The maximum Gasteiger partial charge on any atom is 0.416 e. The van der Waals surface area contributed by atoms with Crippen molar-refractivity contribution in [2.24, 2.45) is 0 Å². The molecular formula is C19H13F4N3O. The van der Waals surface area contributed by atoms with Crippen LogP contribution in [-0.2, 0) is 6.18 Å². The second-order valence-electron chi connectivity index (χ2n) is 5.73. The van der Waals surface area contributed by atoms with Gasteiger partial charge in [-0.05, 0) is 55.5 Å². The van der Waals surface area contributed by atoms with Gasteiger partial charge in [-0.25, -0.2) is 14.4 Å². The van der Waals surface area contributed by atoms with Crippen molar-refractivity contribution >= 4 is 11.6 Å². The number of benzene rings is 2. The SMILES string of the molecule is Cc1nc(-c2ccc(F)cc2)ncc1C(=O)Nc1ccc(C(F)(F)F)cc1. The number of aryl methyl sites for hydroxylation is 1. The first-order chi connectivity index (χ1) is 12.7. The fraction of sp³-hybridized carbons (Fsp3) is 0.105. The van der Waals surface area contributed by atoms with Gasteiger partial charge >= 0.3 is 6.18 Å². The van der Waals surface area contributed by atoms with E-state index in [4.69, 9.17) is 0 Å². The molecule has 0 spiro atoms. The lowest BCUT2D eigenvalue weighted by Gasteiger charge is -2.10. The van der Waals surface area contributed by atoms with Crippen LogP contribution in [0.2, 0.25) is 0 Å². The standard InChI is InChI=1S/C19H13F4N3O/c1-11-16(10-24-17(25-11)12-2-6-14(20)7-3-12)18(27)26-15-8-4-13(5-9-15)19(21,22)23/h2-10H,1H3,(H,26,27). The predicted octanol–water partition coefficient (Wildman–Crippen LogP) is 4.86. The van der Waals surface area contributed by atoms with Gasteiger partial charge in [0.25, 0.3) is 5.91 Å². The summed E-state index contributed by atoms with van der Waals surface area (Å²) in [6.45, 7) is 1.61. The summed E-state index contributed by atoms with van der Waals surface area (Å²) < 4.78 is 50.7. The highest BCUT2D eigenvalue weighted by molar-refractivity contribution is 6.04. The van der Waals surface area contributed by atoms with Crippen molar-refractivity contribution in [1.29, 1.82) is 0 Å². The molecule has 0 saturated carbocycles. The molecule has 0 aliphatic heterocycles. The number of nitrogens with zero attached hydrogens (tertiary/aromatic N) is 2. The smallest absolute Gasteiger partial charge is 0.322 e. The molecule has 3 aromatic rings. The molecule has 4 nitrogen and oxygen atoms in total. The fourth-order valence-electron chi connectivity index (χ4n) is 2.37. The van der Waals surface area contributed by atoms with Gasteiger partial charge in [0.1, 0.15) is 5.82 Å². The van der Waals surface area contributed by atoms with E-state index in [2.05, 4.69) is 15.3 Å². The Morgan fingerprint density at radius 1 is 1.00 bits per heavy atom. The summed E-state index contributed by atoms with van der Waals surface area (Å²) in [5.74, 6) is -0.598. The molecule has 0 aliphatic rings. The molecule has 27 heavy (non-hydrogen) atoms. The third kappa shape index (κ3) is 4.28. The summed E-state index contributed by atoms with van der Waals surface area (Å²) in [5.41, 5.74) is 0.572. The Kier molecular flexibility index (Phi) is 4.89. The maximum absolute atomic E-state index is 13.0. The van der Waals surface area contributed by atoms with Gasteiger partial charge in [-0.1, -0.05) is 0 Å². The minimum absolute atomic E-state index is 0.181. The van der Waals surface area contributed by atoms with Crippen LogP contribution in [0, 0.1) is 12.7 Å². The van der Waals surface area contributed by atoms with Gasteiger partial charge in [-0.2, -0.15) is 13.2 Å². The molecule has 1 N–H and O–H groups in total. The lowest BCUT2D eigenvalue weighted by atomic mass is 10.1. The summed E-state index contributed by atoms with van der Waals surface area (Å²) in [6, 6.07) is 9.71. The zero-order valence-corrected chi connectivity index (χ0v) is 14.0. The molecule has 3 rings (SSSR count). The number of nitrogens with one attached hydrogen (secondary N) is 1. The van der Waals surface area contributed by atoms with Gasteiger partial charge < -0.3 is 5.32 Å². The van der Waals surface area contributed by atoms with Crippen molar-refractivity contribution in [3.05, 3.63) is 77.4 Å². The van der Waals surface area contributed by atoms with Gasteiger partial charge in [-0.3, -0.25) is 4.79 Å². The topological polar surface area (TPSA) is 54.9 Å². The number of aromatic nitrogens is 2. The van der Waals surface area contributed by atoms with E-state index < -0.39 is 17.6 Å². The highest BCUT2D eigenvalue weighted by atomic mass is 19.4. The van der Waals surface area contributed by atoms with E-state index in [1.807, 2.05) is 0 Å². The summed E-state index contributed by atoms with van der Waals surface area (Å²) in [4.78, 5) is 20.7.